The molecular formula is C16H14O5. The van der Waals surface area contributed by atoms with Crippen LogP contribution < -0.4 is 0 Å². The molecule has 0 spiro atoms. The van der Waals surface area contributed by atoms with E-state index in [0.29, 0.717) is 6.42 Å². The van der Waals surface area contributed by atoms with Gasteiger partial charge in [-0.2, -0.15) is 0 Å². The van der Waals surface area contributed by atoms with Crippen molar-refractivity contribution in [3.63, 3.8) is 0 Å². The highest BCUT2D eigenvalue weighted by Gasteiger charge is 2.47. The number of hydrogen-bond acceptors (Lipinski definition) is 5. The number of Topliss-reactive ketones (excluding diaryl/α,β-unsaturated/α-hetero) is 2. The molecule has 2 aliphatic carbocycles. The molecule has 0 aliphatic heterocycles. The standard InChI is InChI=1S/C16H14O5/c1-8(17)21-12-7-3-5-10-14(12)16(20)13-9(15(10)19)4-2-6-11(13)18/h2-4,6-7,10,12,14,18H,5H2,1H3/t10-,12+,14-/m1/s1. The van der Waals surface area contributed by atoms with Crippen LogP contribution in [0.25, 0.3) is 0 Å². The molecule has 0 radical (unpaired) electrons. The van der Waals surface area contributed by atoms with E-state index in [0.717, 1.165) is 0 Å². The van der Waals surface area contributed by atoms with E-state index >= 15 is 0 Å². The van der Waals surface area contributed by atoms with Gasteiger partial charge in [0.25, 0.3) is 0 Å². The third-order valence-corrected chi connectivity index (χ3v) is 4.00. The van der Waals surface area contributed by atoms with Crippen molar-refractivity contribution < 1.29 is 24.2 Å². The van der Waals surface area contributed by atoms with Crippen molar-refractivity contribution >= 4 is 17.5 Å². The summed E-state index contributed by atoms with van der Waals surface area (Å²) in [7, 11) is 0. The lowest BCUT2D eigenvalue weighted by Crippen LogP contribution is -2.45. The highest BCUT2D eigenvalue weighted by atomic mass is 16.5. The maximum Gasteiger partial charge on any atom is 0.303 e. The first kappa shape index (κ1) is 13.5. The fraction of sp³-hybridized carbons (Fsp3) is 0.312. The number of esters is 1. The lowest BCUT2D eigenvalue weighted by atomic mass is 9.68. The predicted molar refractivity (Wildman–Crippen MR) is 73.1 cm³/mol. The van der Waals surface area contributed by atoms with Gasteiger partial charge in [-0.15, -0.1) is 0 Å². The summed E-state index contributed by atoms with van der Waals surface area (Å²) in [5, 5.41) is 9.90. The van der Waals surface area contributed by atoms with Gasteiger partial charge in [-0.05, 0) is 18.6 Å². The zero-order chi connectivity index (χ0) is 15.1. The van der Waals surface area contributed by atoms with E-state index in [1.807, 2.05) is 0 Å². The number of aromatic hydroxyl groups is 1. The molecule has 0 fully saturated rings. The number of rotatable bonds is 1. The summed E-state index contributed by atoms with van der Waals surface area (Å²) >= 11 is 0. The third kappa shape index (κ3) is 2.05. The van der Waals surface area contributed by atoms with Gasteiger partial charge in [-0.3, -0.25) is 14.4 Å². The molecule has 0 heterocycles. The molecule has 0 bridgehead atoms. The van der Waals surface area contributed by atoms with Crippen molar-refractivity contribution in [1.29, 1.82) is 0 Å². The Labute approximate surface area is 121 Å². The largest absolute Gasteiger partial charge is 0.507 e. The lowest BCUT2D eigenvalue weighted by Gasteiger charge is -2.36. The van der Waals surface area contributed by atoms with E-state index < -0.39 is 23.9 Å². The van der Waals surface area contributed by atoms with Gasteiger partial charge in [0.1, 0.15) is 11.9 Å². The number of fused-ring (bicyclic) bond motifs is 2. The molecule has 0 amide bonds. The smallest absolute Gasteiger partial charge is 0.303 e. The highest BCUT2D eigenvalue weighted by molar-refractivity contribution is 6.17. The van der Waals surface area contributed by atoms with Gasteiger partial charge in [0.2, 0.25) is 0 Å². The van der Waals surface area contributed by atoms with E-state index in [9.17, 15) is 19.5 Å². The van der Waals surface area contributed by atoms with Crippen molar-refractivity contribution in [2.24, 2.45) is 11.8 Å². The van der Waals surface area contributed by atoms with E-state index in [4.69, 9.17) is 4.74 Å². The van der Waals surface area contributed by atoms with Crippen molar-refractivity contribution in [1.82, 2.24) is 0 Å². The molecular weight excluding hydrogens is 272 g/mol. The Hall–Kier alpha value is -2.43. The molecule has 1 N–H and O–H groups in total. The number of phenolic OH excluding ortho intramolecular Hbond substituents is 1. The van der Waals surface area contributed by atoms with Crippen LogP contribution in [0.2, 0.25) is 0 Å². The van der Waals surface area contributed by atoms with Crippen LogP contribution in [0.4, 0.5) is 0 Å². The van der Waals surface area contributed by atoms with Gasteiger partial charge in [0.05, 0.1) is 11.5 Å². The zero-order valence-electron chi connectivity index (χ0n) is 11.4. The molecule has 0 unspecified atom stereocenters. The van der Waals surface area contributed by atoms with Crippen molar-refractivity contribution in [3.8, 4) is 5.75 Å². The number of benzene rings is 1. The Balaban J connectivity index is 2.10. The number of allylic oxidation sites excluding steroid dienone is 1. The van der Waals surface area contributed by atoms with Gasteiger partial charge in [-0.1, -0.05) is 18.2 Å². The van der Waals surface area contributed by atoms with Crippen LogP contribution in [0.5, 0.6) is 5.75 Å². The normalized spacial score (nSPS) is 27.0. The van der Waals surface area contributed by atoms with Crippen LogP contribution in [0.3, 0.4) is 0 Å². The first-order chi connectivity index (χ1) is 10.0. The van der Waals surface area contributed by atoms with Gasteiger partial charge >= 0.3 is 5.97 Å². The summed E-state index contributed by atoms with van der Waals surface area (Å²) in [5.41, 5.74) is 0.286. The molecule has 3 atom stereocenters. The van der Waals surface area contributed by atoms with Crippen molar-refractivity contribution in [2.45, 2.75) is 19.4 Å². The Morgan fingerprint density at radius 1 is 1.29 bits per heavy atom. The van der Waals surface area contributed by atoms with Gasteiger partial charge in [-0.25, -0.2) is 0 Å². The Bertz CT molecular complexity index is 673. The molecule has 1 aromatic carbocycles. The maximum absolute atomic E-state index is 12.7. The molecule has 0 aromatic heterocycles. The zero-order valence-corrected chi connectivity index (χ0v) is 11.4. The minimum absolute atomic E-state index is 0.0382. The molecule has 0 saturated carbocycles. The number of phenols is 1. The first-order valence-corrected chi connectivity index (χ1v) is 6.75. The molecule has 3 rings (SSSR count). The first-order valence-electron chi connectivity index (χ1n) is 6.75. The van der Waals surface area contributed by atoms with Crippen molar-refractivity contribution in [3.05, 3.63) is 41.5 Å². The van der Waals surface area contributed by atoms with Crippen LogP contribution in [0.1, 0.15) is 34.1 Å². The minimum atomic E-state index is -0.759. The van der Waals surface area contributed by atoms with E-state index in [-0.39, 0.29) is 28.4 Å². The SMILES string of the molecule is CC(=O)O[C@H]1C=CC[C@H]2C(=O)c3cccc(O)c3C(=O)[C@@H]12. The van der Waals surface area contributed by atoms with E-state index in [1.165, 1.54) is 13.0 Å². The molecule has 5 heteroatoms. The lowest BCUT2D eigenvalue weighted by molar-refractivity contribution is -0.146. The number of hydrogen-bond donors (Lipinski definition) is 1. The average Bonchev–Trinajstić information content (AvgIpc) is 2.43. The van der Waals surface area contributed by atoms with Gasteiger partial charge in [0.15, 0.2) is 11.6 Å². The average molecular weight is 286 g/mol. The molecule has 5 nitrogen and oxygen atoms in total. The number of carbonyl (C=O) groups excluding carboxylic acids is 3. The van der Waals surface area contributed by atoms with Crippen LogP contribution in [0, 0.1) is 11.8 Å². The summed E-state index contributed by atoms with van der Waals surface area (Å²) in [4.78, 5) is 36.4. The molecule has 2 aliphatic rings. The number of carbonyl (C=O) groups is 3. The monoisotopic (exact) mass is 286 g/mol. The second kappa shape index (κ2) is 4.84. The molecule has 0 saturated heterocycles. The number of ketones is 2. The van der Waals surface area contributed by atoms with Crippen LogP contribution >= 0.6 is 0 Å². The Kier molecular flexibility index (Phi) is 3.12. The summed E-state index contributed by atoms with van der Waals surface area (Å²) in [6.45, 7) is 1.26. The maximum atomic E-state index is 12.7. The Morgan fingerprint density at radius 2 is 2.05 bits per heavy atom. The van der Waals surface area contributed by atoms with Crippen LogP contribution in [0.15, 0.2) is 30.4 Å². The Morgan fingerprint density at radius 3 is 2.76 bits per heavy atom. The molecule has 108 valence electrons. The van der Waals surface area contributed by atoms with E-state index in [2.05, 4.69) is 0 Å². The molecule has 1 aromatic rings. The topological polar surface area (TPSA) is 80.7 Å². The summed E-state index contributed by atoms with van der Waals surface area (Å²) in [5.74, 6) is -2.54. The fourth-order valence-electron chi connectivity index (χ4n) is 3.13. The number of ether oxygens (including phenoxy) is 1. The van der Waals surface area contributed by atoms with Crippen LogP contribution in [-0.4, -0.2) is 28.7 Å². The minimum Gasteiger partial charge on any atom is -0.507 e. The van der Waals surface area contributed by atoms with Crippen LogP contribution in [-0.2, 0) is 9.53 Å². The third-order valence-electron chi connectivity index (χ3n) is 4.00. The highest BCUT2D eigenvalue weighted by Crippen LogP contribution is 2.41. The van der Waals surface area contributed by atoms with Gasteiger partial charge in [0, 0.05) is 18.4 Å². The fourth-order valence-corrected chi connectivity index (χ4v) is 3.13. The van der Waals surface area contributed by atoms with Crippen molar-refractivity contribution in [2.75, 3.05) is 0 Å². The summed E-state index contributed by atoms with van der Waals surface area (Å²) in [6.07, 6.45) is 3.07. The van der Waals surface area contributed by atoms with Gasteiger partial charge < -0.3 is 9.84 Å². The molecule has 21 heavy (non-hydrogen) atoms. The second-order valence-corrected chi connectivity index (χ2v) is 5.30. The second-order valence-electron chi connectivity index (χ2n) is 5.30. The summed E-state index contributed by atoms with van der Waals surface area (Å²) in [6, 6.07) is 4.47. The predicted octanol–water partition coefficient (Wildman–Crippen LogP) is 1.90. The summed E-state index contributed by atoms with van der Waals surface area (Å²) < 4.78 is 5.15. The van der Waals surface area contributed by atoms with E-state index in [1.54, 1.807) is 24.3 Å². The quantitative estimate of drug-likeness (QED) is 0.630.